The molecule has 0 spiro atoms. The SMILES string of the molecule is Cc1cc(-c2ccccc2C=Cc2ccc(C=C(c3ccccc3)c3ccccc3)cc2)c(C)cc1-c1ccccc1C=Cc1ccc(C=C(c2ccccc2)c2ccccc2)cc1. The van der Waals surface area contributed by atoms with Gasteiger partial charge in [-0.15, -0.1) is 0 Å². The van der Waals surface area contributed by atoms with E-state index in [0.29, 0.717) is 0 Å². The molecular weight excluding hydrogens is 769 g/mol. The van der Waals surface area contributed by atoms with Crippen LogP contribution in [0.1, 0.15) is 66.8 Å². The van der Waals surface area contributed by atoms with Crippen LogP contribution in [0.15, 0.2) is 231 Å². The molecule has 9 aromatic rings. The molecule has 0 nitrogen and oxygen atoms in total. The van der Waals surface area contributed by atoms with Crippen LogP contribution in [-0.4, -0.2) is 0 Å². The summed E-state index contributed by atoms with van der Waals surface area (Å²) >= 11 is 0. The van der Waals surface area contributed by atoms with Crippen LogP contribution in [0.3, 0.4) is 0 Å². The van der Waals surface area contributed by atoms with E-state index in [1.165, 1.54) is 89.0 Å². The highest BCUT2D eigenvalue weighted by Gasteiger charge is 2.13. The number of hydrogen-bond acceptors (Lipinski definition) is 0. The van der Waals surface area contributed by atoms with Gasteiger partial charge in [0.2, 0.25) is 0 Å². The molecule has 0 aliphatic carbocycles. The lowest BCUT2D eigenvalue weighted by molar-refractivity contribution is 1.38. The third kappa shape index (κ3) is 9.84. The van der Waals surface area contributed by atoms with Crippen molar-refractivity contribution in [3.63, 3.8) is 0 Å². The van der Waals surface area contributed by atoms with Crippen LogP contribution >= 0.6 is 0 Å². The fraction of sp³-hybridized carbons (Fsp3) is 0.0312. The highest BCUT2D eigenvalue weighted by Crippen LogP contribution is 2.36. The summed E-state index contributed by atoms with van der Waals surface area (Å²) in [6, 6.07) is 82.3. The Balaban J connectivity index is 0.939. The quantitative estimate of drug-likeness (QED) is 0.108. The second-order valence-electron chi connectivity index (χ2n) is 16.2. The molecule has 0 atom stereocenters. The third-order valence-electron chi connectivity index (χ3n) is 11.8. The Kier molecular flexibility index (Phi) is 12.8. The first-order valence-corrected chi connectivity index (χ1v) is 22.1. The Morgan fingerprint density at radius 2 is 0.547 bits per heavy atom. The monoisotopic (exact) mass is 818 g/mol. The summed E-state index contributed by atoms with van der Waals surface area (Å²) in [4.78, 5) is 0. The highest BCUT2D eigenvalue weighted by atomic mass is 14.2. The molecule has 0 radical (unpaired) electrons. The molecule has 0 saturated carbocycles. The zero-order chi connectivity index (χ0) is 43.5. The second-order valence-corrected chi connectivity index (χ2v) is 16.2. The van der Waals surface area contributed by atoms with Crippen LogP contribution < -0.4 is 0 Å². The Morgan fingerprint density at radius 1 is 0.266 bits per heavy atom. The van der Waals surface area contributed by atoms with E-state index < -0.39 is 0 Å². The predicted octanol–water partition coefficient (Wildman–Crippen LogP) is 17.2. The topological polar surface area (TPSA) is 0 Å². The van der Waals surface area contributed by atoms with E-state index in [9.17, 15) is 0 Å². The molecule has 0 aliphatic rings. The molecule has 64 heavy (non-hydrogen) atoms. The van der Waals surface area contributed by atoms with Gasteiger partial charge in [0.15, 0.2) is 0 Å². The Labute approximate surface area is 379 Å². The summed E-state index contributed by atoms with van der Waals surface area (Å²) in [5, 5.41) is 0. The number of hydrogen-bond donors (Lipinski definition) is 0. The largest absolute Gasteiger partial charge is 0.0622 e. The number of rotatable bonds is 12. The summed E-state index contributed by atoms with van der Waals surface area (Å²) in [6.07, 6.45) is 13.5. The van der Waals surface area contributed by atoms with E-state index in [2.05, 4.69) is 281 Å². The molecule has 9 aromatic carbocycles. The minimum absolute atomic E-state index is 1.16. The average molecular weight is 819 g/mol. The molecule has 0 saturated heterocycles. The summed E-state index contributed by atoms with van der Waals surface area (Å²) in [6.45, 7) is 4.47. The number of benzene rings is 9. The van der Waals surface area contributed by atoms with E-state index >= 15 is 0 Å². The van der Waals surface area contributed by atoms with Gasteiger partial charge in [0.25, 0.3) is 0 Å². The molecule has 0 bridgehead atoms. The van der Waals surface area contributed by atoms with Crippen molar-refractivity contribution in [3.05, 3.63) is 297 Å². The van der Waals surface area contributed by atoms with Gasteiger partial charge < -0.3 is 0 Å². The van der Waals surface area contributed by atoms with E-state index in [-0.39, 0.29) is 0 Å². The molecule has 0 unspecified atom stereocenters. The first-order chi connectivity index (χ1) is 31.6. The summed E-state index contributed by atoms with van der Waals surface area (Å²) in [5.41, 5.74) is 21.7. The molecule has 0 amide bonds. The lowest BCUT2D eigenvalue weighted by atomic mass is 9.88. The normalized spacial score (nSPS) is 11.2. The number of aryl methyl sites for hydroxylation is 2. The van der Waals surface area contributed by atoms with Crippen LogP contribution in [-0.2, 0) is 0 Å². The summed E-state index contributed by atoms with van der Waals surface area (Å²) in [7, 11) is 0. The van der Waals surface area contributed by atoms with Crippen molar-refractivity contribution < 1.29 is 0 Å². The van der Waals surface area contributed by atoms with Crippen molar-refractivity contribution in [3.8, 4) is 22.3 Å². The van der Waals surface area contributed by atoms with Gasteiger partial charge in [-0.1, -0.05) is 255 Å². The van der Waals surface area contributed by atoms with Gasteiger partial charge in [-0.25, -0.2) is 0 Å². The lowest BCUT2D eigenvalue weighted by Gasteiger charge is -2.16. The lowest BCUT2D eigenvalue weighted by Crippen LogP contribution is -1.93. The van der Waals surface area contributed by atoms with Crippen LogP contribution in [0.2, 0.25) is 0 Å². The standard InChI is InChI=1S/C64H50/c1-47-43-62(60-30-18-16-28-58(60)42-40-50-33-37-52(38-34-50)46-64(55-23-11-5-12-24-55)56-25-13-6-14-26-56)48(2)44-61(47)59-29-17-15-27-57(59)41-39-49-31-35-51(36-32-49)45-63(53-19-7-3-8-20-53)54-21-9-4-10-22-54/h3-46H,1-2H3. The summed E-state index contributed by atoms with van der Waals surface area (Å²) < 4.78 is 0. The zero-order valence-corrected chi connectivity index (χ0v) is 36.4. The maximum absolute atomic E-state index is 2.36. The van der Waals surface area contributed by atoms with E-state index in [1.807, 2.05) is 0 Å². The maximum Gasteiger partial charge on any atom is -0.0105 e. The first kappa shape index (κ1) is 41.3. The Hall–Kier alpha value is -8.06. The van der Waals surface area contributed by atoms with Crippen molar-refractivity contribution in [2.24, 2.45) is 0 Å². The smallest absolute Gasteiger partial charge is 0.0105 e. The van der Waals surface area contributed by atoms with Crippen molar-refractivity contribution in [1.29, 1.82) is 0 Å². The maximum atomic E-state index is 2.36. The van der Waals surface area contributed by atoms with Crippen LogP contribution in [0.4, 0.5) is 0 Å². The van der Waals surface area contributed by atoms with Gasteiger partial charge in [-0.3, -0.25) is 0 Å². The Bertz CT molecular complexity index is 2790. The average Bonchev–Trinajstić information content (AvgIpc) is 3.36. The minimum atomic E-state index is 1.16. The first-order valence-electron chi connectivity index (χ1n) is 22.1. The Morgan fingerprint density at radius 3 is 0.875 bits per heavy atom. The molecule has 0 aliphatic heterocycles. The molecule has 0 N–H and O–H groups in total. The second kappa shape index (κ2) is 19.8. The third-order valence-corrected chi connectivity index (χ3v) is 11.8. The van der Waals surface area contributed by atoms with Crippen molar-refractivity contribution >= 4 is 47.6 Å². The van der Waals surface area contributed by atoms with Gasteiger partial charge >= 0.3 is 0 Å². The molecule has 0 fully saturated rings. The van der Waals surface area contributed by atoms with Crippen LogP contribution in [0.25, 0.3) is 69.9 Å². The fourth-order valence-corrected chi connectivity index (χ4v) is 8.42. The van der Waals surface area contributed by atoms with E-state index in [4.69, 9.17) is 0 Å². The van der Waals surface area contributed by atoms with Gasteiger partial charge in [-0.05, 0) is 126 Å². The van der Waals surface area contributed by atoms with Crippen molar-refractivity contribution in [1.82, 2.24) is 0 Å². The molecule has 0 aromatic heterocycles. The van der Waals surface area contributed by atoms with Crippen LogP contribution in [0.5, 0.6) is 0 Å². The molecule has 9 rings (SSSR count). The van der Waals surface area contributed by atoms with Gasteiger partial charge in [0, 0.05) is 0 Å². The van der Waals surface area contributed by atoms with Crippen molar-refractivity contribution in [2.75, 3.05) is 0 Å². The molecule has 0 heterocycles. The zero-order valence-electron chi connectivity index (χ0n) is 36.4. The molecule has 306 valence electrons. The molecular formula is C64H50. The minimum Gasteiger partial charge on any atom is -0.0622 e. The van der Waals surface area contributed by atoms with Gasteiger partial charge in [0.05, 0.1) is 0 Å². The van der Waals surface area contributed by atoms with Gasteiger partial charge in [0.1, 0.15) is 0 Å². The summed E-state index contributed by atoms with van der Waals surface area (Å²) in [5.74, 6) is 0. The van der Waals surface area contributed by atoms with Crippen LogP contribution in [0, 0.1) is 13.8 Å². The van der Waals surface area contributed by atoms with Crippen molar-refractivity contribution in [2.45, 2.75) is 13.8 Å². The van der Waals surface area contributed by atoms with Gasteiger partial charge in [-0.2, -0.15) is 0 Å². The highest BCUT2D eigenvalue weighted by molar-refractivity contribution is 5.93. The molecule has 0 heteroatoms. The van der Waals surface area contributed by atoms with E-state index in [0.717, 1.165) is 11.1 Å². The fourth-order valence-electron chi connectivity index (χ4n) is 8.42. The predicted molar refractivity (Wildman–Crippen MR) is 277 cm³/mol. The van der Waals surface area contributed by atoms with E-state index in [1.54, 1.807) is 0 Å².